The number of ether oxygens (including phenoxy) is 2. The number of methoxy groups -OCH3 is 1. The number of para-hydroxylation sites is 1. The average Bonchev–Trinajstić information content (AvgIpc) is 2.65. The fourth-order valence-electron chi connectivity index (χ4n) is 2.58. The zero-order valence-corrected chi connectivity index (χ0v) is 14.5. The average molecular weight is 350 g/mol. The number of esters is 1. The standard InChI is InChI=1S/C20H18N2O4/c1-13-10-17(16-8-3-4-9-18(16)21-13)20(24)26-12-19(23)22-14-6-5-7-15(11-14)25-2/h3-11H,12H2,1-2H3,(H,22,23). The molecule has 132 valence electrons. The summed E-state index contributed by atoms with van der Waals surface area (Å²) < 4.78 is 10.3. The summed E-state index contributed by atoms with van der Waals surface area (Å²) in [7, 11) is 1.55. The van der Waals surface area contributed by atoms with Gasteiger partial charge in [0.25, 0.3) is 5.91 Å². The van der Waals surface area contributed by atoms with E-state index in [1.165, 1.54) is 0 Å². The van der Waals surface area contributed by atoms with Gasteiger partial charge >= 0.3 is 5.97 Å². The van der Waals surface area contributed by atoms with Crippen LogP contribution in [0.4, 0.5) is 5.69 Å². The van der Waals surface area contributed by atoms with E-state index < -0.39 is 11.9 Å². The maximum Gasteiger partial charge on any atom is 0.339 e. The van der Waals surface area contributed by atoms with Crippen molar-refractivity contribution in [2.75, 3.05) is 19.0 Å². The van der Waals surface area contributed by atoms with E-state index in [9.17, 15) is 9.59 Å². The molecule has 0 aliphatic rings. The van der Waals surface area contributed by atoms with Gasteiger partial charge in [-0.3, -0.25) is 9.78 Å². The Morgan fingerprint density at radius 3 is 2.69 bits per heavy atom. The van der Waals surface area contributed by atoms with Crippen molar-refractivity contribution in [3.63, 3.8) is 0 Å². The number of carbonyl (C=O) groups excluding carboxylic acids is 2. The molecule has 2 aromatic carbocycles. The number of hydrogen-bond donors (Lipinski definition) is 1. The van der Waals surface area contributed by atoms with E-state index in [0.29, 0.717) is 33.6 Å². The van der Waals surface area contributed by atoms with Crippen LogP contribution in [0.2, 0.25) is 0 Å². The lowest BCUT2D eigenvalue weighted by Crippen LogP contribution is -2.21. The maximum atomic E-state index is 12.4. The second-order valence-corrected chi connectivity index (χ2v) is 5.68. The Bertz CT molecular complexity index is 969. The lowest BCUT2D eigenvalue weighted by Gasteiger charge is -2.09. The molecule has 0 saturated carbocycles. The quantitative estimate of drug-likeness (QED) is 0.714. The summed E-state index contributed by atoms with van der Waals surface area (Å²) >= 11 is 0. The number of fused-ring (bicyclic) bond motifs is 1. The van der Waals surface area contributed by atoms with E-state index in [2.05, 4.69) is 10.3 Å². The number of anilines is 1. The molecule has 1 N–H and O–H groups in total. The van der Waals surface area contributed by atoms with Gasteiger partial charge < -0.3 is 14.8 Å². The van der Waals surface area contributed by atoms with E-state index in [-0.39, 0.29) is 6.61 Å². The second kappa shape index (κ2) is 7.65. The molecule has 1 amide bonds. The highest BCUT2D eigenvalue weighted by atomic mass is 16.5. The molecule has 0 saturated heterocycles. The summed E-state index contributed by atoms with van der Waals surface area (Å²) in [6.07, 6.45) is 0. The molecule has 0 bridgehead atoms. The summed E-state index contributed by atoms with van der Waals surface area (Å²) in [4.78, 5) is 28.8. The number of aryl methyl sites for hydroxylation is 1. The van der Waals surface area contributed by atoms with Crippen LogP contribution in [0.15, 0.2) is 54.6 Å². The molecular formula is C20H18N2O4. The van der Waals surface area contributed by atoms with Crippen molar-refractivity contribution >= 4 is 28.5 Å². The minimum Gasteiger partial charge on any atom is -0.497 e. The summed E-state index contributed by atoms with van der Waals surface area (Å²) in [5.41, 5.74) is 2.37. The molecule has 0 atom stereocenters. The number of amides is 1. The molecule has 3 aromatic rings. The third-order valence-electron chi connectivity index (χ3n) is 3.75. The van der Waals surface area contributed by atoms with Crippen molar-refractivity contribution in [2.45, 2.75) is 6.92 Å². The first-order valence-corrected chi connectivity index (χ1v) is 8.04. The maximum absolute atomic E-state index is 12.4. The topological polar surface area (TPSA) is 77.5 Å². The number of pyridine rings is 1. The van der Waals surface area contributed by atoms with Crippen molar-refractivity contribution < 1.29 is 19.1 Å². The number of benzene rings is 2. The van der Waals surface area contributed by atoms with E-state index >= 15 is 0 Å². The molecule has 0 aliphatic heterocycles. The third-order valence-corrected chi connectivity index (χ3v) is 3.75. The molecule has 6 heteroatoms. The molecule has 1 heterocycles. The number of hydrogen-bond acceptors (Lipinski definition) is 5. The highest BCUT2D eigenvalue weighted by Gasteiger charge is 2.15. The summed E-state index contributed by atoms with van der Waals surface area (Å²) in [6.45, 7) is 1.42. The van der Waals surface area contributed by atoms with Crippen LogP contribution >= 0.6 is 0 Å². The highest BCUT2D eigenvalue weighted by molar-refractivity contribution is 6.04. The van der Waals surface area contributed by atoms with Crippen molar-refractivity contribution in [1.82, 2.24) is 4.98 Å². The van der Waals surface area contributed by atoms with Crippen molar-refractivity contribution in [2.24, 2.45) is 0 Å². The third kappa shape index (κ3) is 3.97. The summed E-state index contributed by atoms with van der Waals surface area (Å²) in [5.74, 6) is -0.368. The van der Waals surface area contributed by atoms with Gasteiger partial charge in [-0.25, -0.2) is 4.79 Å². The Hall–Kier alpha value is -3.41. The van der Waals surface area contributed by atoms with Crippen LogP contribution in [0, 0.1) is 6.92 Å². The predicted octanol–water partition coefficient (Wildman–Crippen LogP) is 3.35. The largest absolute Gasteiger partial charge is 0.497 e. The van der Waals surface area contributed by atoms with E-state index in [1.54, 1.807) is 50.4 Å². The molecule has 0 unspecified atom stereocenters. The predicted molar refractivity (Wildman–Crippen MR) is 98.4 cm³/mol. The van der Waals surface area contributed by atoms with Gasteiger partial charge in [0.2, 0.25) is 0 Å². The van der Waals surface area contributed by atoms with E-state index in [4.69, 9.17) is 9.47 Å². The van der Waals surface area contributed by atoms with Gasteiger partial charge in [0.1, 0.15) is 5.75 Å². The van der Waals surface area contributed by atoms with Gasteiger partial charge in [0.15, 0.2) is 6.61 Å². The number of nitrogens with one attached hydrogen (secondary N) is 1. The van der Waals surface area contributed by atoms with Crippen LogP contribution < -0.4 is 10.1 Å². The van der Waals surface area contributed by atoms with Gasteiger partial charge in [0, 0.05) is 22.8 Å². The van der Waals surface area contributed by atoms with Crippen LogP contribution in [0.5, 0.6) is 5.75 Å². The number of carbonyl (C=O) groups is 2. The van der Waals surface area contributed by atoms with Crippen LogP contribution in [0.1, 0.15) is 16.1 Å². The first kappa shape index (κ1) is 17.4. The van der Waals surface area contributed by atoms with Crippen LogP contribution in [0.3, 0.4) is 0 Å². The highest BCUT2D eigenvalue weighted by Crippen LogP contribution is 2.19. The number of aromatic nitrogens is 1. The minimum atomic E-state index is -0.563. The van der Waals surface area contributed by atoms with Crippen molar-refractivity contribution in [3.05, 3.63) is 65.9 Å². The van der Waals surface area contributed by atoms with Gasteiger partial charge in [-0.05, 0) is 31.2 Å². The van der Waals surface area contributed by atoms with Crippen molar-refractivity contribution in [1.29, 1.82) is 0 Å². The molecule has 1 aromatic heterocycles. The lowest BCUT2D eigenvalue weighted by molar-refractivity contribution is -0.119. The summed E-state index contributed by atoms with van der Waals surface area (Å²) in [6, 6.07) is 15.9. The zero-order valence-electron chi connectivity index (χ0n) is 14.5. The zero-order chi connectivity index (χ0) is 18.5. The van der Waals surface area contributed by atoms with E-state index in [1.807, 2.05) is 18.2 Å². The molecular weight excluding hydrogens is 332 g/mol. The van der Waals surface area contributed by atoms with Gasteiger partial charge in [0.05, 0.1) is 18.2 Å². The molecule has 0 spiro atoms. The Labute approximate surface area is 150 Å². The number of rotatable bonds is 5. The first-order chi connectivity index (χ1) is 12.6. The van der Waals surface area contributed by atoms with Crippen LogP contribution in [0.25, 0.3) is 10.9 Å². The fraction of sp³-hybridized carbons (Fsp3) is 0.150. The second-order valence-electron chi connectivity index (χ2n) is 5.68. The van der Waals surface area contributed by atoms with Crippen LogP contribution in [-0.4, -0.2) is 30.6 Å². The van der Waals surface area contributed by atoms with E-state index in [0.717, 1.165) is 0 Å². The fourth-order valence-corrected chi connectivity index (χ4v) is 2.58. The Morgan fingerprint density at radius 2 is 1.88 bits per heavy atom. The SMILES string of the molecule is COc1cccc(NC(=O)COC(=O)c2cc(C)nc3ccccc23)c1. The molecule has 0 aliphatic carbocycles. The van der Waals surface area contributed by atoms with Gasteiger partial charge in [-0.15, -0.1) is 0 Å². The number of nitrogens with zero attached hydrogens (tertiary/aromatic N) is 1. The Balaban J connectivity index is 1.68. The Morgan fingerprint density at radius 1 is 1.08 bits per heavy atom. The van der Waals surface area contributed by atoms with Gasteiger partial charge in [-0.1, -0.05) is 24.3 Å². The molecule has 0 radical (unpaired) electrons. The first-order valence-electron chi connectivity index (χ1n) is 8.04. The normalized spacial score (nSPS) is 10.4. The minimum absolute atomic E-state index is 0.383. The molecule has 26 heavy (non-hydrogen) atoms. The smallest absolute Gasteiger partial charge is 0.339 e. The van der Waals surface area contributed by atoms with Gasteiger partial charge in [-0.2, -0.15) is 0 Å². The Kier molecular flexibility index (Phi) is 5.12. The van der Waals surface area contributed by atoms with Crippen molar-refractivity contribution in [3.8, 4) is 5.75 Å². The monoisotopic (exact) mass is 350 g/mol. The lowest BCUT2D eigenvalue weighted by atomic mass is 10.1. The molecule has 6 nitrogen and oxygen atoms in total. The summed E-state index contributed by atoms with van der Waals surface area (Å²) in [5, 5.41) is 3.35. The molecule has 3 rings (SSSR count). The molecule has 0 fully saturated rings. The van der Waals surface area contributed by atoms with Crippen LogP contribution in [-0.2, 0) is 9.53 Å².